The predicted octanol–water partition coefficient (Wildman–Crippen LogP) is 6.25. The molecule has 1 aliphatic rings. The molecule has 2 nitrogen and oxygen atoms in total. The van der Waals surface area contributed by atoms with Crippen molar-refractivity contribution in [2.45, 2.75) is 59.8 Å². The molecule has 3 rings (SSSR count). The highest BCUT2D eigenvalue weighted by Crippen LogP contribution is 2.43. The monoisotopic (exact) mass is 352 g/mol. The number of carbonyl (C=O) groups excluding carboxylic acids is 1. The highest BCUT2D eigenvalue weighted by molar-refractivity contribution is 5.90. The van der Waals surface area contributed by atoms with Crippen LogP contribution in [0.3, 0.4) is 0 Å². The minimum absolute atomic E-state index is 0.0871. The van der Waals surface area contributed by atoms with E-state index in [2.05, 4.69) is 50.2 Å². The maximum atomic E-state index is 12.0. The fourth-order valence-electron chi connectivity index (χ4n) is 3.73. The van der Waals surface area contributed by atoms with Crippen LogP contribution in [0.15, 0.2) is 42.5 Å². The van der Waals surface area contributed by atoms with Gasteiger partial charge in [-0.1, -0.05) is 58.0 Å². The number of benzene rings is 2. The van der Waals surface area contributed by atoms with E-state index in [1.165, 1.54) is 22.3 Å². The van der Waals surface area contributed by atoms with Gasteiger partial charge in [0.15, 0.2) is 0 Å². The van der Waals surface area contributed by atoms with Crippen LogP contribution in [0.4, 0.5) is 0 Å². The summed E-state index contributed by atoms with van der Waals surface area (Å²) in [5, 5.41) is 0. The fraction of sp³-hybridized carbons (Fsp3) is 0.458. The molecule has 26 heavy (non-hydrogen) atoms. The first-order chi connectivity index (χ1) is 12.6. The normalized spacial score (nSPS) is 18.6. The molecule has 0 aromatic heterocycles. The number of aryl methyl sites for hydroxylation is 1. The van der Waals surface area contributed by atoms with Crippen LogP contribution < -0.4 is 4.74 Å². The van der Waals surface area contributed by atoms with Gasteiger partial charge in [0, 0.05) is 11.8 Å². The van der Waals surface area contributed by atoms with Gasteiger partial charge in [0.2, 0.25) is 0 Å². The van der Waals surface area contributed by atoms with Crippen molar-refractivity contribution in [3.05, 3.63) is 53.6 Å². The number of rotatable bonds is 6. The molecule has 0 radical (unpaired) electrons. The molecular formula is C24H32O2. The van der Waals surface area contributed by atoms with E-state index in [1.54, 1.807) is 7.11 Å². The van der Waals surface area contributed by atoms with Crippen molar-refractivity contribution in [3.63, 3.8) is 0 Å². The number of carbonyl (C=O) groups is 1. The second kappa shape index (κ2) is 9.02. The lowest BCUT2D eigenvalue weighted by molar-refractivity contribution is -0.138. The van der Waals surface area contributed by atoms with E-state index in [1.807, 2.05) is 19.9 Å². The zero-order valence-electron chi connectivity index (χ0n) is 16.9. The second-order valence-electron chi connectivity index (χ2n) is 6.81. The Morgan fingerprint density at radius 1 is 1.04 bits per heavy atom. The average molecular weight is 353 g/mol. The Labute approximate surface area is 158 Å². The van der Waals surface area contributed by atoms with Gasteiger partial charge in [-0.2, -0.15) is 0 Å². The topological polar surface area (TPSA) is 26.3 Å². The SMILES string of the molecule is CC.CCc1cc(OC)ccc1-c1ccc(CC2(CC)CCC2=O)cc1. The number of ketones is 1. The van der Waals surface area contributed by atoms with Gasteiger partial charge in [-0.25, -0.2) is 0 Å². The Morgan fingerprint density at radius 3 is 2.19 bits per heavy atom. The molecule has 0 amide bonds. The Balaban J connectivity index is 0.00000117. The second-order valence-corrected chi connectivity index (χ2v) is 6.81. The summed E-state index contributed by atoms with van der Waals surface area (Å²) >= 11 is 0. The molecule has 1 aliphatic carbocycles. The largest absolute Gasteiger partial charge is 0.497 e. The highest BCUT2D eigenvalue weighted by Gasteiger charge is 2.43. The van der Waals surface area contributed by atoms with Crippen molar-refractivity contribution in [1.82, 2.24) is 0 Å². The van der Waals surface area contributed by atoms with Crippen LogP contribution in [0.5, 0.6) is 5.75 Å². The van der Waals surface area contributed by atoms with Gasteiger partial charge in [-0.3, -0.25) is 4.79 Å². The van der Waals surface area contributed by atoms with Crippen LogP contribution in [0, 0.1) is 5.41 Å². The highest BCUT2D eigenvalue weighted by atomic mass is 16.5. The molecule has 1 atom stereocenters. The molecule has 0 saturated heterocycles. The number of hydrogen-bond donors (Lipinski definition) is 0. The Kier molecular flexibility index (Phi) is 7.02. The van der Waals surface area contributed by atoms with Crippen molar-refractivity contribution in [1.29, 1.82) is 0 Å². The summed E-state index contributed by atoms with van der Waals surface area (Å²) in [5.41, 5.74) is 4.95. The summed E-state index contributed by atoms with van der Waals surface area (Å²) < 4.78 is 5.33. The minimum atomic E-state index is -0.0871. The molecular weight excluding hydrogens is 320 g/mol. The summed E-state index contributed by atoms with van der Waals surface area (Å²) in [7, 11) is 1.70. The van der Waals surface area contributed by atoms with Gasteiger partial charge in [0.25, 0.3) is 0 Å². The standard InChI is InChI=1S/C22H26O2.C2H6/c1-4-17-14-19(24-3)10-11-20(17)18-8-6-16(7-9-18)15-22(5-2)13-12-21(22)23;1-2/h6-11,14H,4-5,12-13,15H2,1-3H3;1-2H3. The van der Waals surface area contributed by atoms with Gasteiger partial charge in [-0.15, -0.1) is 0 Å². The van der Waals surface area contributed by atoms with E-state index < -0.39 is 0 Å². The molecule has 0 heterocycles. The van der Waals surface area contributed by atoms with Gasteiger partial charge in [-0.05, 0) is 60.1 Å². The molecule has 1 fully saturated rings. The molecule has 140 valence electrons. The number of ether oxygens (including phenoxy) is 1. The van der Waals surface area contributed by atoms with Crippen molar-refractivity contribution >= 4 is 5.78 Å². The van der Waals surface area contributed by atoms with E-state index in [4.69, 9.17) is 4.74 Å². The summed E-state index contributed by atoms with van der Waals surface area (Å²) in [6, 6.07) is 15.0. The third-order valence-electron chi connectivity index (χ3n) is 5.60. The van der Waals surface area contributed by atoms with Crippen molar-refractivity contribution in [2.24, 2.45) is 5.41 Å². The van der Waals surface area contributed by atoms with Gasteiger partial charge in [0.1, 0.15) is 11.5 Å². The first-order valence-corrected chi connectivity index (χ1v) is 9.91. The molecule has 2 aromatic rings. The Bertz CT molecular complexity index is 726. The van der Waals surface area contributed by atoms with Crippen LogP contribution in [0.1, 0.15) is 58.1 Å². The van der Waals surface area contributed by atoms with Crippen molar-refractivity contribution in [3.8, 4) is 16.9 Å². The first-order valence-electron chi connectivity index (χ1n) is 9.91. The lowest BCUT2D eigenvalue weighted by Crippen LogP contribution is -2.42. The predicted molar refractivity (Wildman–Crippen MR) is 110 cm³/mol. The van der Waals surface area contributed by atoms with Crippen LogP contribution in [0.25, 0.3) is 11.1 Å². The van der Waals surface area contributed by atoms with Crippen molar-refractivity contribution in [2.75, 3.05) is 7.11 Å². The van der Waals surface area contributed by atoms with Crippen molar-refractivity contribution < 1.29 is 9.53 Å². The number of methoxy groups -OCH3 is 1. The summed E-state index contributed by atoms with van der Waals surface area (Å²) in [4.78, 5) is 12.0. The van der Waals surface area contributed by atoms with E-state index in [-0.39, 0.29) is 5.41 Å². The maximum absolute atomic E-state index is 12.0. The van der Waals surface area contributed by atoms with Gasteiger partial charge in [0.05, 0.1) is 7.11 Å². The molecule has 1 unspecified atom stereocenters. The summed E-state index contributed by atoms with van der Waals surface area (Å²) in [6.45, 7) is 8.30. The zero-order valence-corrected chi connectivity index (χ0v) is 16.9. The molecule has 0 spiro atoms. The molecule has 0 aliphatic heterocycles. The number of hydrogen-bond acceptors (Lipinski definition) is 2. The van der Waals surface area contributed by atoms with Crippen LogP contribution in [-0.4, -0.2) is 12.9 Å². The van der Waals surface area contributed by atoms with Gasteiger partial charge >= 0.3 is 0 Å². The van der Waals surface area contributed by atoms with E-state index >= 15 is 0 Å². The van der Waals surface area contributed by atoms with E-state index in [0.717, 1.165) is 37.9 Å². The first kappa shape index (κ1) is 20.2. The summed E-state index contributed by atoms with van der Waals surface area (Å²) in [6.07, 6.45) is 4.61. The molecule has 0 bridgehead atoms. The zero-order chi connectivity index (χ0) is 19.2. The molecule has 2 heteroatoms. The van der Waals surface area contributed by atoms with Crippen LogP contribution >= 0.6 is 0 Å². The fourth-order valence-corrected chi connectivity index (χ4v) is 3.73. The van der Waals surface area contributed by atoms with Gasteiger partial charge < -0.3 is 4.74 Å². The lowest BCUT2D eigenvalue weighted by Gasteiger charge is -2.39. The maximum Gasteiger partial charge on any atom is 0.139 e. The summed E-state index contributed by atoms with van der Waals surface area (Å²) in [5.74, 6) is 1.35. The van der Waals surface area contributed by atoms with E-state index in [9.17, 15) is 4.79 Å². The molecule has 1 saturated carbocycles. The van der Waals surface area contributed by atoms with Crippen LogP contribution in [-0.2, 0) is 17.6 Å². The molecule has 2 aromatic carbocycles. The molecule has 0 N–H and O–H groups in total. The third-order valence-corrected chi connectivity index (χ3v) is 5.60. The lowest BCUT2D eigenvalue weighted by atomic mass is 9.63. The van der Waals surface area contributed by atoms with Crippen LogP contribution in [0.2, 0.25) is 0 Å². The Morgan fingerprint density at radius 2 is 1.73 bits per heavy atom. The average Bonchev–Trinajstić information content (AvgIpc) is 2.72. The number of Topliss-reactive ketones (excluding diaryl/α,β-unsaturated/α-hetero) is 1. The minimum Gasteiger partial charge on any atom is -0.497 e. The third kappa shape index (κ3) is 4.00. The Hall–Kier alpha value is -2.09. The smallest absolute Gasteiger partial charge is 0.139 e. The van der Waals surface area contributed by atoms with E-state index in [0.29, 0.717) is 5.78 Å². The quantitative estimate of drug-likeness (QED) is 0.614.